The summed E-state index contributed by atoms with van der Waals surface area (Å²) < 4.78 is 11.3. The normalized spacial score (nSPS) is 18.5. The molecule has 0 spiro atoms. The van der Waals surface area contributed by atoms with E-state index in [0.717, 1.165) is 11.0 Å². The molecule has 1 aromatic carbocycles. The van der Waals surface area contributed by atoms with Crippen molar-refractivity contribution in [2.45, 2.75) is 13.0 Å². The van der Waals surface area contributed by atoms with E-state index in [0.29, 0.717) is 36.8 Å². The van der Waals surface area contributed by atoms with Crippen molar-refractivity contribution in [2.75, 3.05) is 19.7 Å². The molecule has 0 saturated carbocycles. The number of benzene rings is 1. The van der Waals surface area contributed by atoms with Crippen LogP contribution in [0.1, 0.15) is 28.0 Å². The Balaban J connectivity index is 1.64. The molecule has 23 heavy (non-hydrogen) atoms. The molecule has 1 fully saturated rings. The van der Waals surface area contributed by atoms with E-state index in [4.69, 9.17) is 9.15 Å². The Morgan fingerprint density at radius 1 is 1.39 bits per heavy atom. The number of ether oxygens (including phenoxy) is 1. The molecule has 4 rings (SSSR count). The van der Waals surface area contributed by atoms with Crippen LogP contribution in [0.3, 0.4) is 0 Å². The summed E-state index contributed by atoms with van der Waals surface area (Å²) in [7, 11) is 0. The number of hydrogen-bond donors (Lipinski definition) is 1. The number of aromatic amines is 1. The molecule has 3 aromatic rings. The second-order valence-corrected chi connectivity index (χ2v) is 5.41. The van der Waals surface area contributed by atoms with Crippen LogP contribution in [0.2, 0.25) is 0 Å². The number of aromatic nitrogens is 4. The molecular formula is C15H15N5O3. The molecule has 1 N–H and O–H groups in total. The quantitative estimate of drug-likeness (QED) is 0.769. The number of rotatable bonds is 2. The molecule has 1 atom stereocenters. The molecule has 1 aliphatic rings. The van der Waals surface area contributed by atoms with Gasteiger partial charge >= 0.3 is 0 Å². The first kappa shape index (κ1) is 13.9. The predicted molar refractivity (Wildman–Crippen MR) is 79.7 cm³/mol. The molecule has 8 nitrogen and oxygen atoms in total. The number of H-pyrrole nitrogens is 1. The van der Waals surface area contributed by atoms with Gasteiger partial charge in [0, 0.05) is 11.9 Å². The maximum Gasteiger partial charge on any atom is 0.258 e. The van der Waals surface area contributed by atoms with Crippen LogP contribution in [0.25, 0.3) is 11.0 Å². The Bertz CT molecular complexity index is 842. The summed E-state index contributed by atoms with van der Waals surface area (Å²) in [4.78, 5) is 14.7. The lowest BCUT2D eigenvalue weighted by Gasteiger charge is -2.31. The van der Waals surface area contributed by atoms with Crippen LogP contribution in [0.15, 0.2) is 28.7 Å². The van der Waals surface area contributed by atoms with E-state index >= 15 is 0 Å². The fourth-order valence-corrected chi connectivity index (χ4v) is 2.89. The highest BCUT2D eigenvalue weighted by Crippen LogP contribution is 2.28. The first-order valence-electron chi connectivity index (χ1n) is 7.36. The van der Waals surface area contributed by atoms with Gasteiger partial charge in [-0.3, -0.25) is 4.79 Å². The zero-order chi connectivity index (χ0) is 15.8. The number of nitrogens with zero attached hydrogens (tertiary/aromatic N) is 4. The Morgan fingerprint density at radius 2 is 2.26 bits per heavy atom. The van der Waals surface area contributed by atoms with Crippen molar-refractivity contribution in [2.24, 2.45) is 0 Å². The Morgan fingerprint density at radius 3 is 3.09 bits per heavy atom. The van der Waals surface area contributed by atoms with Crippen LogP contribution in [0.4, 0.5) is 0 Å². The van der Waals surface area contributed by atoms with Crippen LogP contribution in [-0.4, -0.2) is 51.1 Å². The summed E-state index contributed by atoms with van der Waals surface area (Å²) >= 11 is 0. The number of morpholine rings is 1. The largest absolute Gasteiger partial charge is 0.461 e. The number of tetrazole rings is 1. The van der Waals surface area contributed by atoms with E-state index < -0.39 is 0 Å². The summed E-state index contributed by atoms with van der Waals surface area (Å²) in [5.41, 5.74) is 1.32. The number of fused-ring (bicyclic) bond motifs is 1. The average molecular weight is 313 g/mol. The zero-order valence-corrected chi connectivity index (χ0v) is 12.5. The van der Waals surface area contributed by atoms with Crippen LogP contribution in [-0.2, 0) is 4.74 Å². The van der Waals surface area contributed by atoms with Gasteiger partial charge in [-0.2, -0.15) is 5.21 Å². The van der Waals surface area contributed by atoms with E-state index in [-0.39, 0.29) is 12.0 Å². The van der Waals surface area contributed by atoms with Gasteiger partial charge in [-0.15, -0.1) is 10.2 Å². The highest BCUT2D eigenvalue weighted by Gasteiger charge is 2.31. The number of carbonyl (C=O) groups is 1. The third-order valence-corrected chi connectivity index (χ3v) is 3.99. The highest BCUT2D eigenvalue weighted by atomic mass is 16.5. The van der Waals surface area contributed by atoms with E-state index in [1.807, 2.05) is 31.2 Å². The van der Waals surface area contributed by atoms with Crippen molar-refractivity contribution in [3.8, 4) is 0 Å². The summed E-state index contributed by atoms with van der Waals surface area (Å²) in [6, 6.07) is 7.55. The lowest BCUT2D eigenvalue weighted by atomic mass is 10.1. The molecular weight excluding hydrogens is 298 g/mol. The molecule has 1 aliphatic heterocycles. The van der Waals surface area contributed by atoms with Gasteiger partial charge in [-0.25, -0.2) is 0 Å². The van der Waals surface area contributed by atoms with Crippen LogP contribution < -0.4 is 0 Å². The number of amides is 1. The van der Waals surface area contributed by atoms with Crippen molar-refractivity contribution in [1.82, 2.24) is 25.5 Å². The second-order valence-electron chi connectivity index (χ2n) is 5.41. The van der Waals surface area contributed by atoms with Crippen LogP contribution in [0.5, 0.6) is 0 Å². The fourth-order valence-electron chi connectivity index (χ4n) is 2.89. The van der Waals surface area contributed by atoms with E-state index in [1.54, 1.807) is 4.90 Å². The number of furan rings is 1. The Labute approximate surface area is 131 Å². The van der Waals surface area contributed by atoms with E-state index in [1.165, 1.54) is 0 Å². The summed E-state index contributed by atoms with van der Waals surface area (Å²) in [5.74, 6) is 1.01. The molecule has 118 valence electrons. The minimum atomic E-state index is -0.370. The van der Waals surface area contributed by atoms with Crippen molar-refractivity contribution < 1.29 is 13.9 Å². The van der Waals surface area contributed by atoms with Gasteiger partial charge < -0.3 is 14.1 Å². The molecule has 0 bridgehead atoms. The highest BCUT2D eigenvalue weighted by molar-refractivity contribution is 6.07. The second kappa shape index (κ2) is 5.47. The third kappa shape index (κ3) is 2.36. The Kier molecular flexibility index (Phi) is 3.30. The number of hydrogen-bond acceptors (Lipinski definition) is 6. The standard InChI is InChI=1S/C15H15N5O3/c1-9-13(10-4-2-3-5-11(10)23-9)15(21)20-6-7-22-12(8-20)14-16-18-19-17-14/h2-5,12H,6-8H2,1H3,(H,16,17,18,19). The number of para-hydroxylation sites is 1. The Hall–Kier alpha value is -2.74. The average Bonchev–Trinajstić information content (AvgIpc) is 3.21. The van der Waals surface area contributed by atoms with Crippen molar-refractivity contribution in [1.29, 1.82) is 0 Å². The van der Waals surface area contributed by atoms with Gasteiger partial charge in [0.1, 0.15) is 17.4 Å². The fraction of sp³-hybridized carbons (Fsp3) is 0.333. The lowest BCUT2D eigenvalue weighted by Crippen LogP contribution is -2.42. The lowest BCUT2D eigenvalue weighted by molar-refractivity contribution is -0.0268. The smallest absolute Gasteiger partial charge is 0.258 e. The van der Waals surface area contributed by atoms with Gasteiger partial charge in [0.2, 0.25) is 5.82 Å². The topological polar surface area (TPSA) is 97.1 Å². The van der Waals surface area contributed by atoms with Crippen molar-refractivity contribution in [3.63, 3.8) is 0 Å². The van der Waals surface area contributed by atoms with Crippen LogP contribution >= 0.6 is 0 Å². The maximum absolute atomic E-state index is 13.0. The van der Waals surface area contributed by atoms with Gasteiger partial charge in [0.05, 0.1) is 18.7 Å². The van der Waals surface area contributed by atoms with Gasteiger partial charge in [0.15, 0.2) is 0 Å². The van der Waals surface area contributed by atoms with Crippen molar-refractivity contribution in [3.05, 3.63) is 41.4 Å². The zero-order valence-electron chi connectivity index (χ0n) is 12.5. The van der Waals surface area contributed by atoms with Crippen LogP contribution in [0, 0.1) is 6.92 Å². The molecule has 1 amide bonds. The maximum atomic E-state index is 13.0. The minimum absolute atomic E-state index is 0.0655. The van der Waals surface area contributed by atoms with E-state index in [9.17, 15) is 4.79 Å². The first-order valence-corrected chi connectivity index (χ1v) is 7.36. The molecule has 0 radical (unpaired) electrons. The molecule has 0 aliphatic carbocycles. The van der Waals surface area contributed by atoms with Gasteiger partial charge in [0.25, 0.3) is 5.91 Å². The molecule has 1 unspecified atom stereocenters. The first-order chi connectivity index (χ1) is 11.2. The SMILES string of the molecule is Cc1oc2ccccc2c1C(=O)N1CCOC(c2nn[nH]n2)C1. The molecule has 1 saturated heterocycles. The van der Waals surface area contributed by atoms with Gasteiger partial charge in [-0.05, 0) is 13.0 Å². The van der Waals surface area contributed by atoms with Crippen molar-refractivity contribution >= 4 is 16.9 Å². The number of aryl methyl sites for hydroxylation is 1. The molecule has 8 heteroatoms. The van der Waals surface area contributed by atoms with E-state index in [2.05, 4.69) is 20.6 Å². The molecule has 2 aromatic heterocycles. The minimum Gasteiger partial charge on any atom is -0.461 e. The summed E-state index contributed by atoms with van der Waals surface area (Å²) in [6.45, 7) is 3.15. The third-order valence-electron chi connectivity index (χ3n) is 3.99. The monoisotopic (exact) mass is 313 g/mol. The molecule has 3 heterocycles. The number of carbonyl (C=O) groups excluding carboxylic acids is 1. The number of nitrogens with one attached hydrogen (secondary N) is 1. The van der Waals surface area contributed by atoms with Gasteiger partial charge in [-0.1, -0.05) is 23.4 Å². The predicted octanol–water partition coefficient (Wildman–Crippen LogP) is 1.47. The summed E-state index contributed by atoms with van der Waals surface area (Å²) in [6.07, 6.45) is -0.370. The summed E-state index contributed by atoms with van der Waals surface area (Å²) in [5, 5.41) is 14.6.